The molecule has 1 aliphatic heterocycles. The summed E-state index contributed by atoms with van der Waals surface area (Å²) >= 11 is 1.74. The summed E-state index contributed by atoms with van der Waals surface area (Å²) in [7, 11) is 0. The Balaban J connectivity index is 2.01. The van der Waals surface area contributed by atoms with E-state index >= 15 is 0 Å². The minimum Gasteiger partial charge on any atom is -0.443 e. The molecule has 0 spiro atoms. The summed E-state index contributed by atoms with van der Waals surface area (Å²) in [6, 6.07) is 8.04. The molecule has 1 aliphatic carbocycles. The van der Waals surface area contributed by atoms with Crippen LogP contribution in [-0.4, -0.2) is 17.7 Å². The van der Waals surface area contributed by atoms with E-state index in [1.807, 2.05) is 45.0 Å². The van der Waals surface area contributed by atoms with Gasteiger partial charge in [-0.05, 0) is 39.3 Å². The quantitative estimate of drug-likeness (QED) is 0.693. The van der Waals surface area contributed by atoms with Crippen molar-refractivity contribution in [3.8, 4) is 0 Å². The van der Waals surface area contributed by atoms with Crippen molar-refractivity contribution in [1.29, 1.82) is 0 Å². The predicted octanol–water partition coefficient (Wildman–Crippen LogP) is 4.75. The van der Waals surface area contributed by atoms with Gasteiger partial charge in [0.15, 0.2) is 0 Å². The average molecular weight is 301 g/mol. The molecule has 1 atom stereocenters. The van der Waals surface area contributed by atoms with Crippen molar-refractivity contribution in [3.05, 3.63) is 47.4 Å². The maximum atomic E-state index is 12.7. The van der Waals surface area contributed by atoms with E-state index in [4.69, 9.17) is 4.74 Å². The molecule has 1 unspecified atom stereocenters. The highest BCUT2D eigenvalue weighted by molar-refractivity contribution is 8.03. The molecule has 0 N–H and O–H groups in total. The van der Waals surface area contributed by atoms with E-state index in [1.165, 1.54) is 4.91 Å². The number of anilines is 1. The van der Waals surface area contributed by atoms with Crippen LogP contribution < -0.4 is 4.90 Å². The molecular weight excluding hydrogens is 282 g/mol. The van der Waals surface area contributed by atoms with Gasteiger partial charge < -0.3 is 4.74 Å². The van der Waals surface area contributed by atoms with Crippen LogP contribution >= 0.6 is 11.8 Å². The summed E-state index contributed by atoms with van der Waals surface area (Å²) in [6.45, 7) is 5.69. The summed E-state index contributed by atoms with van der Waals surface area (Å²) in [5, 5.41) is 0. The predicted molar refractivity (Wildman–Crippen MR) is 86.6 cm³/mol. The number of amides is 1. The van der Waals surface area contributed by atoms with Gasteiger partial charge in [-0.25, -0.2) is 4.79 Å². The van der Waals surface area contributed by atoms with Crippen LogP contribution in [0.25, 0.3) is 0 Å². The number of benzene rings is 1. The maximum absolute atomic E-state index is 12.7. The van der Waals surface area contributed by atoms with Gasteiger partial charge in [-0.2, -0.15) is 0 Å². The lowest BCUT2D eigenvalue weighted by Crippen LogP contribution is -2.46. The Morgan fingerprint density at radius 2 is 2.10 bits per heavy atom. The Morgan fingerprint density at radius 3 is 2.86 bits per heavy atom. The molecule has 3 rings (SSSR count). The molecule has 0 radical (unpaired) electrons. The van der Waals surface area contributed by atoms with E-state index in [0.29, 0.717) is 0 Å². The zero-order chi connectivity index (χ0) is 15.0. The number of thioether (sulfide) groups is 1. The van der Waals surface area contributed by atoms with Gasteiger partial charge >= 0.3 is 6.09 Å². The van der Waals surface area contributed by atoms with Crippen LogP contribution in [0.5, 0.6) is 0 Å². The summed E-state index contributed by atoms with van der Waals surface area (Å²) < 4.78 is 5.61. The smallest absolute Gasteiger partial charge is 0.415 e. The van der Waals surface area contributed by atoms with Gasteiger partial charge in [-0.3, -0.25) is 4.90 Å². The van der Waals surface area contributed by atoms with Gasteiger partial charge in [0.2, 0.25) is 0 Å². The molecule has 1 aromatic rings. The van der Waals surface area contributed by atoms with E-state index in [2.05, 4.69) is 18.2 Å². The van der Waals surface area contributed by atoms with Crippen molar-refractivity contribution >= 4 is 23.5 Å². The number of carbonyl (C=O) groups excluding carboxylic acids is 1. The van der Waals surface area contributed by atoms with Gasteiger partial charge in [0, 0.05) is 9.80 Å². The second-order valence-corrected chi connectivity index (χ2v) is 7.28. The number of rotatable bonds is 0. The van der Waals surface area contributed by atoms with Crippen LogP contribution in [0.1, 0.15) is 27.2 Å². The fraction of sp³-hybridized carbons (Fsp3) is 0.353. The molecule has 4 heteroatoms. The van der Waals surface area contributed by atoms with E-state index in [-0.39, 0.29) is 12.1 Å². The van der Waals surface area contributed by atoms with Crippen molar-refractivity contribution in [2.24, 2.45) is 0 Å². The maximum Gasteiger partial charge on any atom is 0.415 e. The van der Waals surface area contributed by atoms with Crippen LogP contribution in [0.15, 0.2) is 52.3 Å². The SMILES string of the molecule is CC(C)(C)OC(=O)N1c2ccccc2SC2=CC=CCC21. The first-order valence-corrected chi connectivity index (χ1v) is 7.93. The molecule has 1 amide bonds. The Kier molecular flexibility index (Phi) is 3.57. The molecule has 0 aromatic heterocycles. The highest BCUT2D eigenvalue weighted by atomic mass is 32.2. The molecule has 0 saturated carbocycles. The lowest BCUT2D eigenvalue weighted by molar-refractivity contribution is 0.0570. The van der Waals surface area contributed by atoms with Crippen LogP contribution in [-0.2, 0) is 4.74 Å². The van der Waals surface area contributed by atoms with E-state index in [0.717, 1.165) is 17.0 Å². The number of hydrogen-bond donors (Lipinski definition) is 0. The lowest BCUT2D eigenvalue weighted by atomic mass is 10.1. The van der Waals surface area contributed by atoms with Crippen LogP contribution in [0.3, 0.4) is 0 Å². The summed E-state index contributed by atoms with van der Waals surface area (Å²) in [6.07, 6.45) is 6.79. The Hall–Kier alpha value is -1.68. The number of hydrogen-bond acceptors (Lipinski definition) is 3. The summed E-state index contributed by atoms with van der Waals surface area (Å²) in [5.74, 6) is 0. The van der Waals surface area contributed by atoms with E-state index in [9.17, 15) is 4.79 Å². The Labute approximate surface area is 129 Å². The molecule has 3 nitrogen and oxygen atoms in total. The average Bonchev–Trinajstić information content (AvgIpc) is 2.42. The van der Waals surface area contributed by atoms with Crippen molar-refractivity contribution in [2.75, 3.05) is 4.90 Å². The monoisotopic (exact) mass is 301 g/mol. The Bertz CT molecular complexity index is 628. The Morgan fingerprint density at radius 1 is 1.33 bits per heavy atom. The molecule has 21 heavy (non-hydrogen) atoms. The second kappa shape index (κ2) is 5.26. The van der Waals surface area contributed by atoms with Gasteiger partial charge in [0.05, 0.1) is 11.7 Å². The van der Waals surface area contributed by atoms with Gasteiger partial charge in [0.25, 0.3) is 0 Å². The molecule has 0 saturated heterocycles. The third-order valence-corrected chi connectivity index (χ3v) is 4.55. The van der Waals surface area contributed by atoms with Crippen LogP contribution in [0.2, 0.25) is 0 Å². The van der Waals surface area contributed by atoms with Crippen molar-refractivity contribution in [2.45, 2.75) is 43.7 Å². The fourth-order valence-electron chi connectivity index (χ4n) is 2.51. The van der Waals surface area contributed by atoms with Crippen LogP contribution in [0, 0.1) is 0 Å². The molecule has 2 aliphatic rings. The van der Waals surface area contributed by atoms with Gasteiger partial charge in [0.1, 0.15) is 5.60 Å². The van der Waals surface area contributed by atoms with Gasteiger partial charge in [-0.1, -0.05) is 42.1 Å². The highest BCUT2D eigenvalue weighted by Gasteiger charge is 2.37. The van der Waals surface area contributed by atoms with E-state index < -0.39 is 5.60 Å². The summed E-state index contributed by atoms with van der Waals surface area (Å²) in [5.41, 5.74) is 0.444. The number of para-hydroxylation sites is 1. The molecule has 110 valence electrons. The number of fused-ring (bicyclic) bond motifs is 2. The molecule has 0 fully saturated rings. The first kappa shape index (κ1) is 14.3. The standard InChI is InChI=1S/C17H19NO2S/c1-17(2,3)20-16(19)18-12-8-4-6-10-14(12)21-15-11-7-5-9-13(15)18/h4-8,10-11,13H,9H2,1-3H3. The number of nitrogens with zero attached hydrogens (tertiary/aromatic N) is 1. The fourth-order valence-corrected chi connectivity index (χ4v) is 3.66. The van der Waals surface area contributed by atoms with E-state index in [1.54, 1.807) is 16.7 Å². The first-order valence-electron chi connectivity index (χ1n) is 7.11. The zero-order valence-electron chi connectivity index (χ0n) is 12.5. The molecular formula is C17H19NO2S. The minimum atomic E-state index is -0.495. The largest absolute Gasteiger partial charge is 0.443 e. The van der Waals surface area contributed by atoms with Crippen molar-refractivity contribution < 1.29 is 9.53 Å². The first-order chi connectivity index (χ1) is 9.96. The summed E-state index contributed by atoms with van der Waals surface area (Å²) in [4.78, 5) is 16.8. The number of allylic oxidation sites excluding steroid dienone is 2. The normalized spacial score (nSPS) is 20.4. The van der Waals surface area contributed by atoms with Crippen molar-refractivity contribution in [3.63, 3.8) is 0 Å². The topological polar surface area (TPSA) is 29.5 Å². The second-order valence-electron chi connectivity index (χ2n) is 6.17. The number of carbonyl (C=O) groups is 1. The number of ether oxygens (including phenoxy) is 1. The van der Waals surface area contributed by atoms with Gasteiger partial charge in [-0.15, -0.1) is 0 Å². The lowest BCUT2D eigenvalue weighted by Gasteiger charge is -2.39. The molecule has 1 aromatic carbocycles. The third-order valence-electron chi connectivity index (χ3n) is 3.34. The third kappa shape index (κ3) is 2.86. The van der Waals surface area contributed by atoms with Crippen LogP contribution in [0.4, 0.5) is 10.5 Å². The zero-order valence-corrected chi connectivity index (χ0v) is 13.3. The van der Waals surface area contributed by atoms with Crippen molar-refractivity contribution in [1.82, 2.24) is 0 Å². The highest BCUT2D eigenvalue weighted by Crippen LogP contribution is 2.46. The molecule has 1 heterocycles. The molecule has 0 bridgehead atoms. The minimum absolute atomic E-state index is 0.0461.